The molecule has 3 rings (SSSR count). The predicted octanol–water partition coefficient (Wildman–Crippen LogP) is 2.64. The number of hydrogen-bond acceptors (Lipinski definition) is 4. The molecule has 0 unspecified atom stereocenters. The van der Waals surface area contributed by atoms with Crippen LogP contribution in [0.3, 0.4) is 0 Å². The van der Waals surface area contributed by atoms with Crippen molar-refractivity contribution < 1.29 is 0 Å². The molecule has 3 aromatic rings. The zero-order valence-corrected chi connectivity index (χ0v) is 9.90. The van der Waals surface area contributed by atoms with E-state index in [1.165, 1.54) is 0 Å². The fraction of sp³-hybridized carbons (Fsp3) is 0.0833. The Morgan fingerprint density at radius 3 is 3.06 bits per heavy atom. The number of aryl methyl sites for hydroxylation is 1. The molecule has 0 atom stereocenters. The molecule has 0 spiro atoms. The van der Waals surface area contributed by atoms with Gasteiger partial charge in [0, 0.05) is 12.3 Å². The van der Waals surface area contributed by atoms with E-state index in [0.29, 0.717) is 5.56 Å². The second kappa shape index (κ2) is 3.68. The molecule has 0 radical (unpaired) electrons. The first-order valence-electron chi connectivity index (χ1n) is 5.09. The molecule has 4 nitrogen and oxygen atoms in total. The van der Waals surface area contributed by atoms with Crippen molar-refractivity contribution in [3.8, 4) is 16.6 Å². The van der Waals surface area contributed by atoms with Crippen molar-refractivity contribution in [3.05, 3.63) is 41.0 Å². The second-order valence-electron chi connectivity index (χ2n) is 3.67. The molecule has 0 aliphatic rings. The van der Waals surface area contributed by atoms with Crippen LogP contribution in [0.4, 0.5) is 0 Å². The minimum Gasteiger partial charge on any atom is -0.236 e. The number of hydrogen-bond donors (Lipinski definition) is 0. The number of aromatic nitrogens is 3. The van der Waals surface area contributed by atoms with Crippen molar-refractivity contribution in [2.45, 2.75) is 6.92 Å². The smallest absolute Gasteiger partial charge is 0.155 e. The van der Waals surface area contributed by atoms with E-state index >= 15 is 0 Å². The summed E-state index contributed by atoms with van der Waals surface area (Å²) < 4.78 is 1.74. The first kappa shape index (κ1) is 10.00. The van der Waals surface area contributed by atoms with Gasteiger partial charge in [-0.15, -0.1) is 11.3 Å². The molecule has 17 heavy (non-hydrogen) atoms. The zero-order valence-electron chi connectivity index (χ0n) is 9.08. The Labute approximate surface area is 102 Å². The fourth-order valence-corrected chi connectivity index (χ4v) is 2.55. The highest BCUT2D eigenvalue weighted by molar-refractivity contribution is 7.13. The van der Waals surface area contributed by atoms with Crippen LogP contribution in [-0.4, -0.2) is 14.6 Å². The van der Waals surface area contributed by atoms with Crippen molar-refractivity contribution >= 4 is 17.0 Å². The summed E-state index contributed by atoms with van der Waals surface area (Å²) in [7, 11) is 0. The topological polar surface area (TPSA) is 54.0 Å². The monoisotopic (exact) mass is 240 g/mol. The lowest BCUT2D eigenvalue weighted by Crippen LogP contribution is -1.98. The van der Waals surface area contributed by atoms with E-state index < -0.39 is 0 Å². The lowest BCUT2D eigenvalue weighted by Gasteiger charge is -2.03. The maximum Gasteiger partial charge on any atom is 0.155 e. The second-order valence-corrected chi connectivity index (χ2v) is 4.61. The van der Waals surface area contributed by atoms with Crippen molar-refractivity contribution in [3.63, 3.8) is 0 Å². The lowest BCUT2D eigenvalue weighted by molar-refractivity contribution is 0.923. The molecule has 0 fully saturated rings. The van der Waals surface area contributed by atoms with Crippen LogP contribution in [0.5, 0.6) is 0 Å². The molecule has 0 aromatic carbocycles. The SMILES string of the molecule is Cc1cc2ncc(C#N)c(-c3cccs3)n2n1. The van der Waals surface area contributed by atoms with Crippen molar-refractivity contribution in [2.24, 2.45) is 0 Å². The first-order valence-corrected chi connectivity index (χ1v) is 5.97. The Hall–Kier alpha value is -2.19. The first-order chi connectivity index (χ1) is 8.29. The van der Waals surface area contributed by atoms with Gasteiger partial charge in [-0.05, 0) is 18.4 Å². The third-order valence-corrected chi connectivity index (χ3v) is 3.36. The summed E-state index contributed by atoms with van der Waals surface area (Å²) >= 11 is 1.59. The Morgan fingerprint density at radius 1 is 1.47 bits per heavy atom. The van der Waals surface area contributed by atoms with E-state index in [9.17, 15) is 0 Å². The van der Waals surface area contributed by atoms with Crippen LogP contribution in [0, 0.1) is 18.3 Å². The molecule has 0 aliphatic heterocycles. The number of thiophene rings is 1. The quantitative estimate of drug-likeness (QED) is 0.657. The van der Waals surface area contributed by atoms with Crippen molar-refractivity contribution in [1.82, 2.24) is 14.6 Å². The normalized spacial score (nSPS) is 10.6. The van der Waals surface area contributed by atoms with Gasteiger partial charge in [0.25, 0.3) is 0 Å². The minimum atomic E-state index is 0.544. The fourth-order valence-electron chi connectivity index (χ4n) is 1.78. The van der Waals surface area contributed by atoms with E-state index in [1.54, 1.807) is 22.0 Å². The van der Waals surface area contributed by atoms with E-state index in [2.05, 4.69) is 16.2 Å². The van der Waals surface area contributed by atoms with E-state index in [-0.39, 0.29) is 0 Å². The minimum absolute atomic E-state index is 0.544. The van der Waals surface area contributed by atoms with Gasteiger partial charge < -0.3 is 0 Å². The van der Waals surface area contributed by atoms with Gasteiger partial charge in [-0.25, -0.2) is 9.50 Å². The Kier molecular flexibility index (Phi) is 2.16. The molecule has 0 amide bonds. The van der Waals surface area contributed by atoms with Crippen LogP contribution >= 0.6 is 11.3 Å². The van der Waals surface area contributed by atoms with Gasteiger partial charge in [-0.2, -0.15) is 10.4 Å². The third kappa shape index (κ3) is 1.50. The molecule has 0 aliphatic carbocycles. The molecule has 82 valence electrons. The highest BCUT2D eigenvalue weighted by Gasteiger charge is 2.13. The van der Waals surface area contributed by atoms with Crippen molar-refractivity contribution in [2.75, 3.05) is 0 Å². The summed E-state index contributed by atoms with van der Waals surface area (Å²) in [5.41, 5.74) is 3.03. The number of nitrogens with zero attached hydrogens (tertiary/aromatic N) is 4. The van der Waals surface area contributed by atoms with Crippen LogP contribution in [0.25, 0.3) is 16.2 Å². The average Bonchev–Trinajstić information content (AvgIpc) is 2.94. The van der Waals surface area contributed by atoms with Crippen LogP contribution in [-0.2, 0) is 0 Å². The van der Waals surface area contributed by atoms with Gasteiger partial charge in [0.1, 0.15) is 11.8 Å². The number of fused-ring (bicyclic) bond motifs is 1. The summed E-state index contributed by atoms with van der Waals surface area (Å²) in [6, 6.07) is 8.02. The summed E-state index contributed by atoms with van der Waals surface area (Å²) in [6.45, 7) is 1.92. The predicted molar refractivity (Wildman–Crippen MR) is 65.8 cm³/mol. The van der Waals surface area contributed by atoms with Gasteiger partial charge >= 0.3 is 0 Å². The van der Waals surface area contributed by atoms with E-state index in [4.69, 9.17) is 5.26 Å². The molecule has 0 saturated heterocycles. The van der Waals surface area contributed by atoms with Gasteiger partial charge in [-0.1, -0.05) is 6.07 Å². The molecule has 3 aromatic heterocycles. The van der Waals surface area contributed by atoms with E-state index in [0.717, 1.165) is 21.9 Å². The highest BCUT2D eigenvalue weighted by atomic mass is 32.1. The standard InChI is InChI=1S/C12H8N4S/c1-8-5-11-14-7-9(6-13)12(16(11)15-8)10-3-2-4-17-10/h2-5,7H,1H3. The summed E-state index contributed by atoms with van der Waals surface area (Å²) in [6.07, 6.45) is 1.60. The zero-order chi connectivity index (χ0) is 11.8. The van der Waals surface area contributed by atoms with Gasteiger partial charge in [0.05, 0.1) is 16.1 Å². The maximum absolute atomic E-state index is 9.16. The molecule has 0 bridgehead atoms. The Balaban J connectivity index is 2.44. The molecular weight excluding hydrogens is 232 g/mol. The van der Waals surface area contributed by atoms with Crippen molar-refractivity contribution in [1.29, 1.82) is 5.26 Å². The molecule has 0 saturated carbocycles. The molecule has 0 N–H and O–H groups in total. The van der Waals surface area contributed by atoms with Crippen LogP contribution < -0.4 is 0 Å². The highest BCUT2D eigenvalue weighted by Crippen LogP contribution is 2.27. The summed E-state index contributed by atoms with van der Waals surface area (Å²) in [4.78, 5) is 5.25. The third-order valence-electron chi connectivity index (χ3n) is 2.48. The van der Waals surface area contributed by atoms with Crippen LogP contribution in [0.15, 0.2) is 29.8 Å². The Bertz CT molecular complexity index is 719. The number of rotatable bonds is 1. The average molecular weight is 240 g/mol. The number of nitriles is 1. The van der Waals surface area contributed by atoms with E-state index in [1.807, 2.05) is 30.5 Å². The van der Waals surface area contributed by atoms with Gasteiger partial charge in [0.15, 0.2) is 5.65 Å². The van der Waals surface area contributed by atoms with Crippen LogP contribution in [0.1, 0.15) is 11.3 Å². The summed E-state index contributed by atoms with van der Waals surface area (Å²) in [5, 5.41) is 15.5. The lowest BCUT2D eigenvalue weighted by atomic mass is 10.2. The molecule has 3 heterocycles. The van der Waals surface area contributed by atoms with Gasteiger partial charge in [0.2, 0.25) is 0 Å². The Morgan fingerprint density at radius 2 is 2.35 bits per heavy atom. The van der Waals surface area contributed by atoms with Gasteiger partial charge in [-0.3, -0.25) is 0 Å². The molecular formula is C12H8N4S. The maximum atomic E-state index is 9.16. The molecule has 5 heteroatoms. The summed E-state index contributed by atoms with van der Waals surface area (Å²) in [5.74, 6) is 0. The van der Waals surface area contributed by atoms with Crippen LogP contribution in [0.2, 0.25) is 0 Å². The largest absolute Gasteiger partial charge is 0.236 e.